The van der Waals surface area contributed by atoms with E-state index in [4.69, 9.17) is 15.2 Å². The van der Waals surface area contributed by atoms with Crippen molar-refractivity contribution >= 4 is 6.09 Å². The molecule has 238 valence electrons. The van der Waals surface area contributed by atoms with Crippen molar-refractivity contribution in [3.05, 3.63) is 107 Å². The van der Waals surface area contributed by atoms with Gasteiger partial charge in [-0.2, -0.15) is 26.3 Å². The molecule has 1 aliphatic rings. The Kier molecular flexibility index (Phi) is 9.96. The van der Waals surface area contributed by atoms with Crippen LogP contribution in [0.15, 0.2) is 78.9 Å². The fourth-order valence-corrected chi connectivity index (χ4v) is 5.45. The van der Waals surface area contributed by atoms with Crippen LogP contribution in [0.4, 0.5) is 31.1 Å². The van der Waals surface area contributed by atoms with Crippen LogP contribution in [0.2, 0.25) is 0 Å². The van der Waals surface area contributed by atoms with Gasteiger partial charge in [-0.1, -0.05) is 60.7 Å². The predicted octanol–water partition coefficient (Wildman–Crippen LogP) is 7.21. The number of ether oxygens (including phenoxy) is 2. The molecule has 3 atom stereocenters. The fraction of sp³-hybridized carbons (Fsp3) is 0.406. The first-order valence-corrected chi connectivity index (χ1v) is 14.0. The monoisotopic (exact) mass is 624 g/mol. The lowest BCUT2D eigenvalue weighted by molar-refractivity contribution is -0.143. The van der Waals surface area contributed by atoms with E-state index in [2.05, 4.69) is 0 Å². The van der Waals surface area contributed by atoms with E-state index in [1.54, 1.807) is 54.6 Å². The van der Waals surface area contributed by atoms with Crippen molar-refractivity contribution in [3.63, 3.8) is 0 Å². The van der Waals surface area contributed by atoms with E-state index in [9.17, 15) is 36.2 Å². The maximum absolute atomic E-state index is 13.8. The van der Waals surface area contributed by atoms with Crippen LogP contribution in [0.1, 0.15) is 60.1 Å². The number of likely N-dealkylation sites (tertiary alicyclic amines) is 1. The summed E-state index contributed by atoms with van der Waals surface area (Å²) in [5, 5.41) is 9.67. The number of piperidine rings is 1. The third-order valence-corrected chi connectivity index (χ3v) is 8.02. The zero-order valence-corrected chi connectivity index (χ0v) is 24.0. The second-order valence-electron chi connectivity index (χ2n) is 11.2. The van der Waals surface area contributed by atoms with Gasteiger partial charge in [0.25, 0.3) is 0 Å². The highest BCUT2D eigenvalue weighted by atomic mass is 19.4. The van der Waals surface area contributed by atoms with Crippen LogP contribution in [-0.2, 0) is 34.0 Å². The summed E-state index contributed by atoms with van der Waals surface area (Å²) >= 11 is 0. The number of hydrogen-bond donors (Lipinski definition) is 2. The standard InChI is InChI=1S/C32H34F6N2O4/c1-22(24-16-26(31(33,34)35)18-27(17-24)32(36,37)38)44-21-30(25-10-6-3-7-11-25)13-12-29(39,14-15-41)20-40(30)28(42)43-19-23-8-4-2-5-9-23/h2-11,16-18,22,41H,12-15,19-21,39H2,1H3/t22?,29?,30-/m1/s1. The quantitative estimate of drug-likeness (QED) is 0.246. The zero-order chi connectivity index (χ0) is 32.2. The second kappa shape index (κ2) is 13.2. The summed E-state index contributed by atoms with van der Waals surface area (Å²) in [6.07, 6.45) is -11.2. The number of rotatable bonds is 9. The minimum Gasteiger partial charge on any atom is -0.445 e. The molecule has 0 aromatic heterocycles. The van der Waals surface area contributed by atoms with E-state index >= 15 is 0 Å². The van der Waals surface area contributed by atoms with Crippen molar-refractivity contribution in [3.8, 4) is 0 Å². The molecule has 4 rings (SSSR count). The smallest absolute Gasteiger partial charge is 0.416 e. The number of carbonyl (C=O) groups excluding carboxylic acids is 1. The Hall–Kier alpha value is -3.61. The lowest BCUT2D eigenvalue weighted by Gasteiger charge is -2.52. The highest BCUT2D eigenvalue weighted by Gasteiger charge is 2.50. The van der Waals surface area contributed by atoms with Crippen LogP contribution in [0.3, 0.4) is 0 Å². The Morgan fingerprint density at radius 2 is 1.50 bits per heavy atom. The normalized spacial score (nSPS) is 21.6. The third-order valence-electron chi connectivity index (χ3n) is 8.02. The van der Waals surface area contributed by atoms with Crippen molar-refractivity contribution in [2.45, 2.75) is 62.3 Å². The van der Waals surface area contributed by atoms with Gasteiger partial charge in [-0.15, -0.1) is 0 Å². The van der Waals surface area contributed by atoms with E-state index < -0.39 is 46.8 Å². The van der Waals surface area contributed by atoms with Gasteiger partial charge in [0.15, 0.2) is 0 Å². The summed E-state index contributed by atoms with van der Waals surface area (Å²) < 4.78 is 92.9. The minimum atomic E-state index is -5.01. The largest absolute Gasteiger partial charge is 0.445 e. The summed E-state index contributed by atoms with van der Waals surface area (Å²) in [7, 11) is 0. The molecule has 12 heteroatoms. The number of aliphatic hydroxyl groups is 1. The number of carbonyl (C=O) groups is 1. The number of hydrogen-bond acceptors (Lipinski definition) is 5. The molecule has 0 spiro atoms. The molecule has 1 aliphatic heterocycles. The maximum atomic E-state index is 13.8. The average Bonchev–Trinajstić information content (AvgIpc) is 2.99. The van der Waals surface area contributed by atoms with Crippen molar-refractivity contribution in [2.75, 3.05) is 19.8 Å². The Morgan fingerprint density at radius 3 is 2.05 bits per heavy atom. The number of halogens is 6. The van der Waals surface area contributed by atoms with E-state index in [0.717, 1.165) is 5.56 Å². The van der Waals surface area contributed by atoms with Gasteiger partial charge in [-0.25, -0.2) is 4.79 Å². The summed E-state index contributed by atoms with van der Waals surface area (Å²) in [5.74, 6) is 0. The summed E-state index contributed by atoms with van der Waals surface area (Å²) in [5.41, 5.74) is 2.52. The third kappa shape index (κ3) is 7.72. The molecule has 3 aromatic rings. The van der Waals surface area contributed by atoms with Crippen LogP contribution in [0.25, 0.3) is 0 Å². The van der Waals surface area contributed by atoms with Crippen molar-refractivity contribution in [2.24, 2.45) is 5.73 Å². The first-order valence-electron chi connectivity index (χ1n) is 14.0. The molecule has 1 fully saturated rings. The van der Waals surface area contributed by atoms with Crippen LogP contribution < -0.4 is 5.73 Å². The Labute approximate surface area is 251 Å². The number of aliphatic hydroxyl groups excluding tert-OH is 1. The average molecular weight is 625 g/mol. The highest BCUT2D eigenvalue weighted by Crippen LogP contribution is 2.44. The summed E-state index contributed by atoms with van der Waals surface area (Å²) in [6, 6.07) is 19.1. The highest BCUT2D eigenvalue weighted by molar-refractivity contribution is 5.70. The van der Waals surface area contributed by atoms with E-state index in [1.807, 2.05) is 6.07 Å². The summed E-state index contributed by atoms with van der Waals surface area (Å²) in [6.45, 7) is 0.738. The van der Waals surface area contributed by atoms with Crippen LogP contribution in [-0.4, -0.2) is 41.4 Å². The van der Waals surface area contributed by atoms with Crippen LogP contribution >= 0.6 is 0 Å². The Bertz CT molecular complexity index is 1370. The molecule has 0 bridgehead atoms. The van der Waals surface area contributed by atoms with Crippen molar-refractivity contribution in [1.29, 1.82) is 0 Å². The number of nitrogens with zero attached hydrogens (tertiary/aromatic N) is 1. The van der Waals surface area contributed by atoms with E-state index in [1.165, 1.54) is 11.8 Å². The first kappa shape index (κ1) is 33.3. The topological polar surface area (TPSA) is 85.0 Å². The van der Waals surface area contributed by atoms with Crippen LogP contribution in [0.5, 0.6) is 0 Å². The lowest BCUT2D eigenvalue weighted by atomic mass is 9.74. The number of nitrogens with two attached hydrogens (primary N) is 1. The zero-order valence-electron chi connectivity index (χ0n) is 24.0. The molecule has 1 saturated heterocycles. The van der Waals surface area contributed by atoms with Gasteiger partial charge >= 0.3 is 18.4 Å². The molecule has 0 radical (unpaired) electrons. The molecule has 0 aliphatic carbocycles. The summed E-state index contributed by atoms with van der Waals surface area (Å²) in [4.78, 5) is 15.2. The van der Waals surface area contributed by atoms with Gasteiger partial charge in [0.2, 0.25) is 0 Å². The SMILES string of the molecule is CC(OC[C@@]1(c2ccccc2)CCC(N)(CCO)CN1C(=O)OCc1ccccc1)c1cc(C(F)(F)F)cc(C(F)(F)F)c1. The second-order valence-corrected chi connectivity index (χ2v) is 11.2. The first-order chi connectivity index (χ1) is 20.7. The molecule has 3 N–H and O–H groups in total. The Morgan fingerprint density at radius 1 is 0.932 bits per heavy atom. The molecule has 6 nitrogen and oxygen atoms in total. The molecular weight excluding hydrogens is 590 g/mol. The molecule has 3 aromatic carbocycles. The van der Waals surface area contributed by atoms with Gasteiger partial charge in [-0.05, 0) is 61.1 Å². The molecule has 44 heavy (non-hydrogen) atoms. The molecule has 1 amide bonds. The van der Waals surface area contributed by atoms with E-state index in [0.29, 0.717) is 24.1 Å². The van der Waals surface area contributed by atoms with Gasteiger partial charge in [0.05, 0.1) is 29.4 Å². The van der Waals surface area contributed by atoms with Crippen molar-refractivity contribution < 1.29 is 45.7 Å². The number of alkyl halides is 6. The minimum absolute atomic E-state index is 0.0460. The van der Waals surface area contributed by atoms with Gasteiger partial charge in [0, 0.05) is 18.7 Å². The number of amides is 1. The molecular formula is C32H34F6N2O4. The van der Waals surface area contributed by atoms with Crippen molar-refractivity contribution in [1.82, 2.24) is 4.90 Å². The number of benzene rings is 3. The fourth-order valence-electron chi connectivity index (χ4n) is 5.45. The maximum Gasteiger partial charge on any atom is 0.416 e. The van der Waals surface area contributed by atoms with Gasteiger partial charge in [-0.3, -0.25) is 4.90 Å². The molecule has 0 saturated carbocycles. The predicted molar refractivity (Wildman–Crippen MR) is 150 cm³/mol. The van der Waals surface area contributed by atoms with Gasteiger partial charge < -0.3 is 20.3 Å². The van der Waals surface area contributed by atoms with Crippen LogP contribution in [0, 0.1) is 0 Å². The lowest BCUT2D eigenvalue weighted by Crippen LogP contribution is -2.65. The molecule has 2 unspecified atom stereocenters. The van der Waals surface area contributed by atoms with Gasteiger partial charge in [0.1, 0.15) is 6.61 Å². The Balaban J connectivity index is 1.70. The van der Waals surface area contributed by atoms with E-state index in [-0.39, 0.29) is 50.8 Å². The molecule has 1 heterocycles.